The molecule has 18 heavy (non-hydrogen) atoms. The van der Waals surface area contributed by atoms with E-state index in [2.05, 4.69) is 5.32 Å². The Morgan fingerprint density at radius 3 is 2.56 bits per heavy atom. The van der Waals surface area contributed by atoms with Crippen molar-refractivity contribution in [3.8, 4) is 0 Å². The third-order valence-electron chi connectivity index (χ3n) is 2.99. The van der Waals surface area contributed by atoms with E-state index in [0.717, 1.165) is 12.0 Å². The van der Waals surface area contributed by atoms with Crippen LogP contribution in [0.5, 0.6) is 0 Å². The fourth-order valence-electron chi connectivity index (χ4n) is 1.82. The average Bonchev–Trinajstić information content (AvgIpc) is 2.27. The molecule has 0 fully saturated rings. The average molecular weight is 271 g/mol. The molecule has 1 aromatic rings. The predicted octanol–water partition coefficient (Wildman–Crippen LogP) is 2.55. The van der Waals surface area contributed by atoms with Crippen LogP contribution in [0.25, 0.3) is 0 Å². The van der Waals surface area contributed by atoms with Crippen LogP contribution < -0.4 is 11.1 Å². The molecule has 4 heteroatoms. The van der Waals surface area contributed by atoms with E-state index in [-0.39, 0.29) is 18.3 Å². The van der Waals surface area contributed by atoms with Crippen LogP contribution in [0.3, 0.4) is 0 Å². The van der Waals surface area contributed by atoms with Gasteiger partial charge in [-0.15, -0.1) is 12.4 Å². The third-order valence-corrected chi connectivity index (χ3v) is 2.99. The van der Waals surface area contributed by atoms with Crippen molar-refractivity contribution in [1.29, 1.82) is 0 Å². The summed E-state index contributed by atoms with van der Waals surface area (Å²) in [6.07, 6.45) is 1.61. The lowest BCUT2D eigenvalue weighted by atomic mass is 9.96. The minimum absolute atomic E-state index is 0. The fraction of sp³-hybridized carbons (Fsp3) is 0.500. The van der Waals surface area contributed by atoms with E-state index in [0.29, 0.717) is 13.0 Å². The van der Waals surface area contributed by atoms with Gasteiger partial charge in [0, 0.05) is 6.54 Å². The summed E-state index contributed by atoms with van der Waals surface area (Å²) in [6.45, 7) is 6.39. The van der Waals surface area contributed by atoms with Gasteiger partial charge >= 0.3 is 0 Å². The molecule has 1 amide bonds. The first-order valence-corrected chi connectivity index (χ1v) is 6.09. The molecule has 1 aromatic carbocycles. The van der Waals surface area contributed by atoms with E-state index in [9.17, 15) is 4.79 Å². The van der Waals surface area contributed by atoms with E-state index >= 15 is 0 Å². The van der Waals surface area contributed by atoms with Gasteiger partial charge in [0.15, 0.2) is 0 Å². The number of benzene rings is 1. The number of nitrogens with two attached hydrogens (primary N) is 1. The zero-order valence-corrected chi connectivity index (χ0v) is 12.1. The summed E-state index contributed by atoms with van der Waals surface area (Å²) >= 11 is 0. The van der Waals surface area contributed by atoms with Gasteiger partial charge in [-0.2, -0.15) is 0 Å². The largest absolute Gasteiger partial charge is 0.350 e. The standard InChI is InChI=1S/C14H22N2O.ClH/c1-4-9-14(3,15)13(17)16-10-12-8-6-5-7-11(12)2;/h5-8H,4,9-10,15H2,1-3H3,(H,16,17);1H. The maximum atomic E-state index is 11.9. The highest BCUT2D eigenvalue weighted by Gasteiger charge is 2.26. The second kappa shape index (κ2) is 7.39. The molecule has 0 bridgehead atoms. The van der Waals surface area contributed by atoms with Crippen LogP contribution in [0.2, 0.25) is 0 Å². The summed E-state index contributed by atoms with van der Waals surface area (Å²) in [5.41, 5.74) is 7.51. The Morgan fingerprint density at radius 1 is 1.39 bits per heavy atom. The van der Waals surface area contributed by atoms with Gasteiger partial charge in [-0.05, 0) is 31.4 Å². The van der Waals surface area contributed by atoms with Gasteiger partial charge in [-0.1, -0.05) is 37.6 Å². The SMILES string of the molecule is CCCC(C)(N)C(=O)NCc1ccccc1C.Cl. The van der Waals surface area contributed by atoms with E-state index < -0.39 is 5.54 Å². The number of hydrogen-bond acceptors (Lipinski definition) is 2. The number of amides is 1. The van der Waals surface area contributed by atoms with Crippen molar-refractivity contribution in [3.05, 3.63) is 35.4 Å². The first-order valence-electron chi connectivity index (χ1n) is 6.09. The summed E-state index contributed by atoms with van der Waals surface area (Å²) in [6, 6.07) is 8.02. The zero-order chi connectivity index (χ0) is 12.9. The van der Waals surface area contributed by atoms with Crippen molar-refractivity contribution in [2.24, 2.45) is 5.73 Å². The highest BCUT2D eigenvalue weighted by Crippen LogP contribution is 2.10. The summed E-state index contributed by atoms with van der Waals surface area (Å²) in [4.78, 5) is 11.9. The lowest BCUT2D eigenvalue weighted by Crippen LogP contribution is -2.51. The molecule has 1 unspecified atom stereocenters. The Kier molecular flexibility index (Phi) is 6.96. The monoisotopic (exact) mass is 270 g/mol. The molecule has 3 N–H and O–H groups in total. The second-order valence-electron chi connectivity index (χ2n) is 4.78. The molecule has 0 radical (unpaired) electrons. The van der Waals surface area contributed by atoms with Crippen LogP contribution in [-0.4, -0.2) is 11.4 Å². The van der Waals surface area contributed by atoms with Gasteiger partial charge in [0.25, 0.3) is 0 Å². The quantitative estimate of drug-likeness (QED) is 0.864. The predicted molar refractivity (Wildman–Crippen MR) is 77.8 cm³/mol. The van der Waals surface area contributed by atoms with Gasteiger partial charge in [-0.3, -0.25) is 4.79 Å². The first kappa shape index (κ1) is 16.9. The van der Waals surface area contributed by atoms with Crippen LogP contribution in [0.4, 0.5) is 0 Å². The zero-order valence-electron chi connectivity index (χ0n) is 11.3. The van der Waals surface area contributed by atoms with Crippen molar-refractivity contribution in [2.45, 2.75) is 45.7 Å². The Labute approximate surface area is 116 Å². The fourth-order valence-corrected chi connectivity index (χ4v) is 1.82. The normalized spacial score (nSPS) is 13.3. The molecule has 102 valence electrons. The van der Waals surface area contributed by atoms with Crippen LogP contribution in [0.15, 0.2) is 24.3 Å². The lowest BCUT2D eigenvalue weighted by molar-refractivity contribution is -0.126. The topological polar surface area (TPSA) is 55.1 Å². The number of nitrogens with one attached hydrogen (secondary N) is 1. The molecule has 0 spiro atoms. The summed E-state index contributed by atoms with van der Waals surface area (Å²) in [5, 5.41) is 2.90. The van der Waals surface area contributed by atoms with Crippen LogP contribution in [0.1, 0.15) is 37.8 Å². The highest BCUT2D eigenvalue weighted by atomic mass is 35.5. The van der Waals surface area contributed by atoms with Crippen molar-refractivity contribution in [3.63, 3.8) is 0 Å². The van der Waals surface area contributed by atoms with E-state index in [4.69, 9.17) is 5.73 Å². The van der Waals surface area contributed by atoms with E-state index in [1.165, 1.54) is 5.56 Å². The Hall–Kier alpha value is -1.06. The minimum atomic E-state index is -0.766. The van der Waals surface area contributed by atoms with E-state index in [1.54, 1.807) is 6.92 Å². The Bertz CT molecular complexity index is 391. The maximum Gasteiger partial charge on any atom is 0.240 e. The molecule has 3 nitrogen and oxygen atoms in total. The number of rotatable bonds is 5. The molecule has 0 aliphatic carbocycles. The minimum Gasteiger partial charge on any atom is -0.350 e. The molecule has 0 saturated carbocycles. The smallest absolute Gasteiger partial charge is 0.240 e. The molecule has 0 aliphatic rings. The number of carbonyl (C=O) groups excluding carboxylic acids is 1. The Balaban J connectivity index is 0.00000289. The third kappa shape index (κ3) is 4.67. The van der Waals surface area contributed by atoms with Gasteiger partial charge in [-0.25, -0.2) is 0 Å². The number of aryl methyl sites for hydroxylation is 1. The number of carbonyl (C=O) groups is 1. The maximum absolute atomic E-state index is 11.9. The summed E-state index contributed by atoms with van der Waals surface area (Å²) in [7, 11) is 0. The van der Waals surface area contributed by atoms with Crippen LogP contribution in [-0.2, 0) is 11.3 Å². The molecular formula is C14H23ClN2O. The summed E-state index contributed by atoms with van der Waals surface area (Å²) in [5.74, 6) is -0.0809. The molecule has 1 rings (SSSR count). The lowest BCUT2D eigenvalue weighted by Gasteiger charge is -2.23. The molecular weight excluding hydrogens is 248 g/mol. The number of hydrogen-bond donors (Lipinski definition) is 2. The molecule has 0 heterocycles. The first-order chi connectivity index (χ1) is 7.97. The van der Waals surface area contributed by atoms with Crippen LogP contribution in [0, 0.1) is 6.92 Å². The van der Waals surface area contributed by atoms with Gasteiger partial charge in [0.2, 0.25) is 5.91 Å². The molecule has 1 atom stereocenters. The number of halogens is 1. The molecule has 0 aromatic heterocycles. The second-order valence-corrected chi connectivity index (χ2v) is 4.78. The Morgan fingerprint density at radius 2 is 2.00 bits per heavy atom. The van der Waals surface area contributed by atoms with Gasteiger partial charge < -0.3 is 11.1 Å². The van der Waals surface area contributed by atoms with Crippen molar-refractivity contribution >= 4 is 18.3 Å². The van der Waals surface area contributed by atoms with Crippen molar-refractivity contribution in [1.82, 2.24) is 5.32 Å². The van der Waals surface area contributed by atoms with E-state index in [1.807, 2.05) is 38.1 Å². The van der Waals surface area contributed by atoms with Crippen LogP contribution >= 0.6 is 12.4 Å². The van der Waals surface area contributed by atoms with Gasteiger partial charge in [0.05, 0.1) is 5.54 Å². The highest BCUT2D eigenvalue weighted by molar-refractivity contribution is 5.85. The molecule has 0 aliphatic heterocycles. The van der Waals surface area contributed by atoms with Crippen molar-refractivity contribution < 1.29 is 4.79 Å². The molecule has 0 saturated heterocycles. The summed E-state index contributed by atoms with van der Waals surface area (Å²) < 4.78 is 0. The van der Waals surface area contributed by atoms with Crippen molar-refractivity contribution in [2.75, 3.05) is 0 Å². The van der Waals surface area contributed by atoms with Gasteiger partial charge in [0.1, 0.15) is 0 Å².